The van der Waals surface area contributed by atoms with E-state index in [0.717, 1.165) is 10.8 Å². The number of nitrogens with zero attached hydrogens (tertiary/aromatic N) is 2. The molecule has 0 aliphatic carbocycles. The SMILES string of the molecule is CC(=O)N[C@H](Cc1ccc2ccccc2c1)C(=O)N[C@H](Cc1ccc(Cl)cc1)C(=O)N[C@H](Cc1cccnc1)C(=O)N[C@@H](CO)C(=O)N[C@@H](Cc1ccc(NC(=O)[C@@H]2CC(=O)NC(=O)N2)cc1)C(=O)N[C@H](Cc1ccc(NC(N)=O)cc1)C(=O)N[C@@H](CC(C)C)C(=O)N[C@H](C(=O)N1CCC[C@H]1C(=O)N[C@H](C)C(N)=O)C(C)NC(=O)NC(C)C. The number of nitrogens with one attached hydrogen (secondary N) is 15. The molecule has 0 radical (unpaired) electrons. The number of pyridine rings is 1. The Hall–Kier alpha value is -13.1. The van der Waals surface area contributed by atoms with Gasteiger partial charge in [0.15, 0.2) is 0 Å². The van der Waals surface area contributed by atoms with Crippen LogP contribution in [0.1, 0.15) is 102 Å². The van der Waals surface area contributed by atoms with E-state index < -0.39 is 193 Å². The van der Waals surface area contributed by atoms with Crippen molar-refractivity contribution < 1.29 is 81.8 Å². The minimum atomic E-state index is -1.95. The number of fused-ring (bicyclic) bond motifs is 1. The largest absolute Gasteiger partial charge is 0.394 e. The number of carbonyl (C=O) groups excluding carboxylic acids is 16. The maximum Gasteiger partial charge on any atom is 0.322 e. The van der Waals surface area contributed by atoms with Crippen LogP contribution in [0.25, 0.3) is 10.8 Å². The molecule has 1 aromatic heterocycles. The number of anilines is 2. The number of aliphatic hydroxyl groups excluding tert-OH is 1. The normalized spacial score (nSPS) is 16.3. The van der Waals surface area contributed by atoms with Crippen molar-refractivity contribution in [1.82, 2.24) is 79.0 Å². The second-order valence-corrected chi connectivity index (χ2v) is 30.1. The zero-order valence-electron chi connectivity index (χ0n) is 66.0. The number of halogens is 1. The zero-order valence-corrected chi connectivity index (χ0v) is 66.8. The lowest BCUT2D eigenvalue weighted by atomic mass is 9.99. The summed E-state index contributed by atoms with van der Waals surface area (Å²) < 4.78 is 0. The topological polar surface area (TPSA) is 542 Å². The number of primary amides is 2. The molecule has 2 fully saturated rings. The number of aromatic nitrogens is 1. The van der Waals surface area contributed by atoms with E-state index in [1.165, 1.54) is 86.6 Å². The molecule has 5 aromatic carbocycles. The molecule has 36 nitrogen and oxygen atoms in total. The van der Waals surface area contributed by atoms with E-state index in [1.54, 1.807) is 70.2 Å². The number of nitrogens with two attached hydrogens (primary N) is 2. The summed E-state index contributed by atoms with van der Waals surface area (Å²) in [6.07, 6.45) is 1.46. The van der Waals surface area contributed by atoms with Gasteiger partial charge in [0.1, 0.15) is 66.5 Å². The molecule has 3 heterocycles. The van der Waals surface area contributed by atoms with E-state index in [2.05, 4.69) is 79.4 Å². The zero-order chi connectivity index (χ0) is 86.0. The summed E-state index contributed by atoms with van der Waals surface area (Å²) in [5.41, 5.74) is 13.4. The van der Waals surface area contributed by atoms with Crippen molar-refractivity contribution in [1.29, 1.82) is 0 Å². The van der Waals surface area contributed by atoms with E-state index >= 15 is 19.2 Å². The first-order valence-electron chi connectivity index (χ1n) is 38.3. The van der Waals surface area contributed by atoms with E-state index in [-0.39, 0.29) is 68.0 Å². The van der Waals surface area contributed by atoms with Gasteiger partial charge in [-0.05, 0) is 134 Å². The van der Waals surface area contributed by atoms with Crippen molar-refractivity contribution in [3.8, 4) is 0 Å². The van der Waals surface area contributed by atoms with Gasteiger partial charge in [-0.3, -0.25) is 72.6 Å². The highest BCUT2D eigenvalue weighted by Gasteiger charge is 2.43. The number of carbonyl (C=O) groups is 16. The summed E-state index contributed by atoms with van der Waals surface area (Å²) in [4.78, 5) is 227. The van der Waals surface area contributed by atoms with Gasteiger partial charge >= 0.3 is 18.1 Å². The van der Waals surface area contributed by atoms with Crippen LogP contribution in [0.4, 0.5) is 25.8 Å². The first-order chi connectivity index (χ1) is 56.1. The van der Waals surface area contributed by atoms with Gasteiger partial charge in [0.05, 0.1) is 19.1 Å². The third-order valence-corrected chi connectivity index (χ3v) is 19.5. The molecule has 0 spiro atoms. The maximum absolute atomic E-state index is 15.5. The predicted molar refractivity (Wildman–Crippen MR) is 433 cm³/mol. The standard InChI is InChI=1S/C81H100ClN19O17/c1-42(2)32-57(75(112)100-67(44(5)88-80(117)86-43(3)4)78(115)101-31-11-15-65(101)77(114)87-45(6)68(83)105)92-71(108)60(35-49-21-28-56(29-22-49)91-79(84)116)94-73(110)61(36-48-19-26-55(27-20-48)90-69(106)63-39-66(104)99-81(118)98-63)96-76(113)64(41-102)97-74(111)62(38-51-12-10-30-85-40-51)95-72(109)59(34-47-17-24-54(82)25-18-47)93-70(107)58(89-46(7)103)37-50-16-23-52-13-8-9-14-53(52)33-50/h8-10,12-14,16-30,33,40,42-45,57-65,67,102H,11,15,31-32,34-39,41H2,1-7H3,(H2,83,105)(H,87,114)(H,89,103)(H,90,106)(H,92,108)(H,93,107)(H,94,110)(H,95,109)(H,96,113)(H,97,111)(H,100,112)(H3,84,91,116)(H2,86,88,117)(H2,98,99,104,118)/t44?,45-,57+,58-,59-,60-,61+,62-,63+,64+,65+,67+/m1/s1. The summed E-state index contributed by atoms with van der Waals surface area (Å²) in [6.45, 7) is 9.71. The van der Waals surface area contributed by atoms with Crippen molar-refractivity contribution in [3.05, 3.63) is 173 Å². The molecule has 118 heavy (non-hydrogen) atoms. The minimum Gasteiger partial charge on any atom is -0.394 e. The second kappa shape index (κ2) is 43.0. The Kier molecular flexibility index (Phi) is 33.0. The highest BCUT2D eigenvalue weighted by molar-refractivity contribution is 6.30. The van der Waals surface area contributed by atoms with E-state index in [1.807, 2.05) is 41.7 Å². The summed E-state index contributed by atoms with van der Waals surface area (Å²) >= 11 is 6.26. The molecule has 37 heteroatoms. The average Bonchev–Trinajstić information content (AvgIpc) is 1.56. The Morgan fingerprint density at radius 2 is 1.01 bits per heavy atom. The van der Waals surface area contributed by atoms with Gasteiger partial charge in [0.25, 0.3) is 0 Å². The van der Waals surface area contributed by atoms with E-state index in [9.17, 15) is 62.6 Å². The van der Waals surface area contributed by atoms with Gasteiger partial charge in [-0.25, -0.2) is 14.4 Å². The van der Waals surface area contributed by atoms with Crippen molar-refractivity contribution >= 4 is 129 Å². The highest BCUT2D eigenvalue weighted by atomic mass is 35.5. The molecular formula is C81H100ClN19O17. The minimum absolute atomic E-state index is 0.00596. The lowest BCUT2D eigenvalue weighted by molar-refractivity contribution is -0.143. The van der Waals surface area contributed by atoms with Gasteiger partial charge < -0.3 is 95.9 Å². The summed E-state index contributed by atoms with van der Waals surface area (Å²) in [5.74, 6) is -11.9. The second-order valence-electron chi connectivity index (χ2n) is 29.6. The molecule has 0 bridgehead atoms. The number of likely N-dealkylation sites (tertiary alicyclic amines) is 1. The number of aliphatic hydroxyl groups is 1. The molecular weight excluding hydrogens is 1550 g/mol. The van der Waals surface area contributed by atoms with Crippen LogP contribution in [-0.4, -0.2) is 202 Å². The first kappa shape index (κ1) is 90.4. The van der Waals surface area contributed by atoms with Crippen molar-refractivity contribution in [3.63, 3.8) is 0 Å². The third-order valence-electron chi connectivity index (χ3n) is 19.2. The summed E-state index contributed by atoms with van der Waals surface area (Å²) in [6, 6.07) is 13.5. The fourth-order valence-corrected chi connectivity index (χ4v) is 13.3. The van der Waals surface area contributed by atoms with Crippen LogP contribution in [-0.2, 0) is 94.4 Å². The number of benzene rings is 5. The van der Waals surface area contributed by atoms with Crippen LogP contribution in [0, 0.1) is 5.92 Å². The number of urea groups is 3. The fourth-order valence-electron chi connectivity index (χ4n) is 13.2. The molecule has 19 amide bonds. The van der Waals surface area contributed by atoms with Crippen LogP contribution >= 0.6 is 11.6 Å². The Labute approximate surface area is 684 Å². The van der Waals surface area contributed by atoms with Crippen LogP contribution in [0.5, 0.6) is 0 Å². The lowest BCUT2D eigenvalue weighted by Crippen LogP contribution is -2.64. The number of hydrogen-bond acceptors (Lipinski definition) is 18. The monoisotopic (exact) mass is 1650 g/mol. The fraction of sp³-hybridized carbons (Fsp3) is 0.395. The molecule has 8 rings (SSSR count). The quantitative estimate of drug-likeness (QED) is 0.0250. The molecule has 2 aliphatic rings. The molecule has 6 aromatic rings. The molecule has 12 atom stereocenters. The first-order valence-corrected chi connectivity index (χ1v) is 38.7. The molecule has 0 saturated carbocycles. The van der Waals surface area contributed by atoms with Gasteiger partial charge in [0.2, 0.25) is 76.8 Å². The van der Waals surface area contributed by atoms with Gasteiger partial charge in [-0.1, -0.05) is 110 Å². The smallest absolute Gasteiger partial charge is 0.322 e. The Morgan fingerprint density at radius 1 is 0.525 bits per heavy atom. The van der Waals surface area contributed by atoms with Gasteiger partial charge in [-0.15, -0.1) is 0 Å². The van der Waals surface area contributed by atoms with Crippen LogP contribution < -0.4 is 91.2 Å². The molecule has 20 N–H and O–H groups in total. The van der Waals surface area contributed by atoms with Crippen LogP contribution in [0.3, 0.4) is 0 Å². The van der Waals surface area contributed by atoms with Crippen molar-refractivity contribution in [2.24, 2.45) is 17.4 Å². The Bertz CT molecular complexity index is 4640. The van der Waals surface area contributed by atoms with Crippen molar-refractivity contribution in [2.45, 2.75) is 185 Å². The predicted octanol–water partition coefficient (Wildman–Crippen LogP) is 0.442. The average molecular weight is 1650 g/mol. The Balaban J connectivity index is 1.11. The van der Waals surface area contributed by atoms with E-state index in [0.29, 0.717) is 33.7 Å². The maximum atomic E-state index is 15.5. The van der Waals surface area contributed by atoms with Crippen LogP contribution in [0.15, 0.2) is 140 Å². The number of imide groups is 1. The van der Waals surface area contributed by atoms with Gasteiger partial charge in [0, 0.05) is 80.4 Å². The molecule has 2 saturated heterocycles. The molecule has 2 aliphatic heterocycles. The third kappa shape index (κ3) is 27.5. The number of amides is 19. The Morgan fingerprint density at radius 3 is 1.51 bits per heavy atom. The highest BCUT2D eigenvalue weighted by Crippen LogP contribution is 2.23. The summed E-state index contributed by atoms with van der Waals surface area (Å²) in [7, 11) is 0. The van der Waals surface area contributed by atoms with E-state index in [4.69, 9.17) is 23.1 Å². The van der Waals surface area contributed by atoms with Crippen LogP contribution in [0.2, 0.25) is 5.02 Å². The summed E-state index contributed by atoms with van der Waals surface area (Å²) in [5, 5.41) is 51.9. The molecule has 628 valence electrons. The lowest BCUT2D eigenvalue weighted by Gasteiger charge is -2.33. The molecule has 1 unspecified atom stereocenters. The van der Waals surface area contributed by atoms with Gasteiger partial charge in [-0.2, -0.15) is 0 Å². The number of hydrogen-bond donors (Lipinski definition) is 18. The van der Waals surface area contributed by atoms with Crippen molar-refractivity contribution in [2.75, 3.05) is 23.8 Å². The number of rotatable bonds is 38.